The van der Waals surface area contributed by atoms with Crippen LogP contribution in [0.3, 0.4) is 0 Å². The van der Waals surface area contributed by atoms with Gasteiger partial charge in [0.25, 0.3) is 0 Å². The van der Waals surface area contributed by atoms with Crippen molar-refractivity contribution >= 4 is 0 Å². The SMILES string of the molecule is CC1CCCC(NCc2ccn(C3CCCC3)n2)CC1. The van der Waals surface area contributed by atoms with Crippen molar-refractivity contribution in [1.82, 2.24) is 15.1 Å². The summed E-state index contributed by atoms with van der Waals surface area (Å²) in [5, 5.41) is 8.50. The van der Waals surface area contributed by atoms with Crippen LogP contribution < -0.4 is 5.32 Å². The lowest BCUT2D eigenvalue weighted by molar-refractivity contribution is 0.434. The van der Waals surface area contributed by atoms with Crippen molar-refractivity contribution in [3.63, 3.8) is 0 Å². The van der Waals surface area contributed by atoms with Gasteiger partial charge in [-0.3, -0.25) is 4.68 Å². The van der Waals surface area contributed by atoms with Gasteiger partial charge in [-0.15, -0.1) is 0 Å². The molecule has 112 valence electrons. The van der Waals surface area contributed by atoms with Crippen LogP contribution in [0.25, 0.3) is 0 Å². The first kappa shape index (κ1) is 14.1. The minimum Gasteiger partial charge on any atom is -0.308 e. The molecule has 2 aliphatic carbocycles. The molecular weight excluding hydrogens is 246 g/mol. The van der Waals surface area contributed by atoms with Gasteiger partial charge in [0.15, 0.2) is 0 Å². The Bertz CT molecular complexity index is 406. The highest BCUT2D eigenvalue weighted by Gasteiger charge is 2.18. The highest BCUT2D eigenvalue weighted by molar-refractivity contribution is 5.00. The van der Waals surface area contributed by atoms with Crippen molar-refractivity contribution in [3.8, 4) is 0 Å². The molecule has 0 bridgehead atoms. The van der Waals surface area contributed by atoms with Gasteiger partial charge in [-0.1, -0.05) is 32.6 Å². The van der Waals surface area contributed by atoms with Crippen molar-refractivity contribution < 1.29 is 0 Å². The molecule has 0 amide bonds. The fraction of sp³-hybridized carbons (Fsp3) is 0.824. The predicted molar refractivity (Wildman–Crippen MR) is 82.6 cm³/mol. The Morgan fingerprint density at radius 3 is 2.80 bits per heavy atom. The first-order valence-electron chi connectivity index (χ1n) is 8.58. The Morgan fingerprint density at radius 1 is 1.10 bits per heavy atom. The first-order chi connectivity index (χ1) is 9.81. The fourth-order valence-corrected chi connectivity index (χ4v) is 3.78. The highest BCUT2D eigenvalue weighted by atomic mass is 15.3. The largest absolute Gasteiger partial charge is 0.308 e. The third kappa shape index (κ3) is 3.63. The number of hydrogen-bond donors (Lipinski definition) is 1. The second-order valence-electron chi connectivity index (χ2n) is 6.92. The molecule has 3 heteroatoms. The summed E-state index contributed by atoms with van der Waals surface area (Å²) >= 11 is 0. The molecule has 2 fully saturated rings. The van der Waals surface area contributed by atoms with E-state index in [1.165, 1.54) is 63.5 Å². The smallest absolute Gasteiger partial charge is 0.0762 e. The third-order valence-electron chi connectivity index (χ3n) is 5.19. The quantitative estimate of drug-likeness (QED) is 0.840. The molecule has 0 spiro atoms. The maximum Gasteiger partial charge on any atom is 0.0762 e. The molecule has 0 aromatic carbocycles. The Hall–Kier alpha value is -0.830. The van der Waals surface area contributed by atoms with Crippen LogP contribution in [-0.2, 0) is 6.54 Å². The van der Waals surface area contributed by atoms with Gasteiger partial charge in [-0.2, -0.15) is 5.10 Å². The molecule has 3 nitrogen and oxygen atoms in total. The van der Waals surface area contributed by atoms with Gasteiger partial charge < -0.3 is 5.32 Å². The van der Waals surface area contributed by atoms with Gasteiger partial charge in [0, 0.05) is 18.8 Å². The van der Waals surface area contributed by atoms with Crippen LogP contribution in [0.5, 0.6) is 0 Å². The minimum absolute atomic E-state index is 0.669. The van der Waals surface area contributed by atoms with Gasteiger partial charge in [0.05, 0.1) is 11.7 Å². The van der Waals surface area contributed by atoms with E-state index in [2.05, 4.69) is 29.2 Å². The van der Waals surface area contributed by atoms with Gasteiger partial charge in [-0.25, -0.2) is 0 Å². The van der Waals surface area contributed by atoms with Crippen molar-refractivity contribution in [3.05, 3.63) is 18.0 Å². The minimum atomic E-state index is 0.669. The fourth-order valence-electron chi connectivity index (χ4n) is 3.78. The summed E-state index contributed by atoms with van der Waals surface area (Å²) in [6, 6.07) is 3.57. The summed E-state index contributed by atoms with van der Waals surface area (Å²) < 4.78 is 2.21. The zero-order valence-electron chi connectivity index (χ0n) is 12.9. The normalized spacial score (nSPS) is 28.6. The van der Waals surface area contributed by atoms with Crippen LogP contribution in [0, 0.1) is 5.92 Å². The second kappa shape index (κ2) is 6.75. The van der Waals surface area contributed by atoms with Crippen molar-refractivity contribution in [1.29, 1.82) is 0 Å². The lowest BCUT2D eigenvalue weighted by atomic mass is 10.0. The van der Waals surface area contributed by atoms with Gasteiger partial charge >= 0.3 is 0 Å². The average Bonchev–Trinajstić information content (AvgIpc) is 3.08. The van der Waals surface area contributed by atoms with E-state index in [4.69, 9.17) is 5.10 Å². The number of hydrogen-bond acceptors (Lipinski definition) is 2. The Kier molecular flexibility index (Phi) is 4.77. The summed E-state index contributed by atoms with van der Waals surface area (Å²) in [5.41, 5.74) is 1.22. The molecule has 20 heavy (non-hydrogen) atoms. The van der Waals surface area contributed by atoms with E-state index in [0.717, 1.165) is 12.5 Å². The Morgan fingerprint density at radius 2 is 1.95 bits per heavy atom. The van der Waals surface area contributed by atoms with E-state index in [1.54, 1.807) is 0 Å². The van der Waals surface area contributed by atoms with E-state index < -0.39 is 0 Å². The molecule has 0 saturated heterocycles. The van der Waals surface area contributed by atoms with E-state index in [9.17, 15) is 0 Å². The zero-order valence-corrected chi connectivity index (χ0v) is 12.9. The Labute approximate surface area is 123 Å². The van der Waals surface area contributed by atoms with Crippen LogP contribution in [-0.4, -0.2) is 15.8 Å². The lowest BCUT2D eigenvalue weighted by Gasteiger charge is -2.15. The predicted octanol–water partition coefficient (Wildman–Crippen LogP) is 4.06. The maximum absolute atomic E-state index is 4.77. The van der Waals surface area contributed by atoms with Crippen LogP contribution >= 0.6 is 0 Å². The summed E-state index contributed by atoms with van der Waals surface area (Å²) in [6.45, 7) is 3.34. The standard InChI is InChI=1S/C17H29N3/c1-14-5-4-6-15(10-9-14)18-13-16-11-12-20(19-16)17-7-2-3-8-17/h11-12,14-15,17-18H,2-10,13H2,1H3. The molecule has 1 aromatic heterocycles. The third-order valence-corrected chi connectivity index (χ3v) is 5.19. The molecule has 0 aliphatic heterocycles. The lowest BCUT2D eigenvalue weighted by Crippen LogP contribution is -2.28. The topological polar surface area (TPSA) is 29.9 Å². The summed E-state index contributed by atoms with van der Waals surface area (Å²) in [4.78, 5) is 0. The van der Waals surface area contributed by atoms with Gasteiger partial charge in [0.1, 0.15) is 0 Å². The molecule has 2 atom stereocenters. The summed E-state index contributed by atoms with van der Waals surface area (Å²) in [7, 11) is 0. The monoisotopic (exact) mass is 275 g/mol. The van der Waals surface area contributed by atoms with Crippen LogP contribution in [0.4, 0.5) is 0 Å². The second-order valence-corrected chi connectivity index (χ2v) is 6.92. The summed E-state index contributed by atoms with van der Waals surface area (Å²) in [6.07, 6.45) is 14.4. The molecule has 1 heterocycles. The van der Waals surface area contributed by atoms with Crippen molar-refractivity contribution in [2.24, 2.45) is 5.92 Å². The highest BCUT2D eigenvalue weighted by Crippen LogP contribution is 2.28. The van der Waals surface area contributed by atoms with Crippen LogP contribution in [0.2, 0.25) is 0 Å². The van der Waals surface area contributed by atoms with Crippen molar-refractivity contribution in [2.75, 3.05) is 0 Å². The van der Waals surface area contributed by atoms with E-state index >= 15 is 0 Å². The van der Waals surface area contributed by atoms with E-state index in [-0.39, 0.29) is 0 Å². The van der Waals surface area contributed by atoms with Crippen molar-refractivity contribution in [2.45, 2.75) is 83.3 Å². The van der Waals surface area contributed by atoms with Gasteiger partial charge in [-0.05, 0) is 44.1 Å². The Balaban J connectivity index is 1.48. The van der Waals surface area contributed by atoms with Crippen LogP contribution in [0.15, 0.2) is 12.3 Å². The van der Waals surface area contributed by atoms with E-state index in [0.29, 0.717) is 12.1 Å². The number of rotatable bonds is 4. The number of nitrogens with zero attached hydrogens (tertiary/aromatic N) is 2. The van der Waals surface area contributed by atoms with Gasteiger partial charge in [0.2, 0.25) is 0 Å². The number of aromatic nitrogens is 2. The molecule has 2 unspecified atom stereocenters. The molecule has 0 radical (unpaired) electrons. The maximum atomic E-state index is 4.77. The first-order valence-corrected chi connectivity index (χ1v) is 8.58. The zero-order chi connectivity index (χ0) is 13.8. The van der Waals surface area contributed by atoms with Crippen LogP contribution in [0.1, 0.15) is 76.4 Å². The molecule has 1 aromatic rings. The summed E-state index contributed by atoms with van der Waals surface area (Å²) in [5.74, 6) is 0.920. The molecule has 2 saturated carbocycles. The molecule has 1 N–H and O–H groups in total. The number of nitrogens with one attached hydrogen (secondary N) is 1. The molecular formula is C17H29N3. The average molecular weight is 275 g/mol. The molecule has 3 rings (SSSR count). The van der Waals surface area contributed by atoms with E-state index in [1.807, 2.05) is 0 Å². The molecule has 2 aliphatic rings.